The molecule has 4 aromatic rings. The first kappa shape index (κ1) is 28.1. The van der Waals surface area contributed by atoms with Crippen molar-refractivity contribution in [1.82, 2.24) is 9.88 Å². The first-order chi connectivity index (χ1) is 18.9. The Kier molecular flexibility index (Phi) is 7.61. The molecule has 0 spiro atoms. The van der Waals surface area contributed by atoms with E-state index in [1.165, 1.54) is 16.2 Å². The Morgan fingerprint density at radius 1 is 0.975 bits per heavy atom. The van der Waals surface area contributed by atoms with Gasteiger partial charge in [0.2, 0.25) is 0 Å². The number of aromatic nitrogens is 1. The number of fused-ring (bicyclic) bond motifs is 2. The van der Waals surface area contributed by atoms with Gasteiger partial charge in [0.25, 0.3) is 11.8 Å². The molecule has 5 rings (SSSR count). The van der Waals surface area contributed by atoms with E-state index in [-0.39, 0.29) is 35.6 Å². The highest BCUT2D eigenvalue weighted by atomic mass is 32.1. The van der Waals surface area contributed by atoms with Crippen molar-refractivity contribution in [1.29, 1.82) is 0 Å². The summed E-state index contributed by atoms with van der Waals surface area (Å²) in [7, 11) is -1.95. The summed E-state index contributed by atoms with van der Waals surface area (Å²) in [5.41, 5.74) is 1.65. The van der Waals surface area contributed by atoms with Crippen LogP contribution in [0.4, 0.5) is 0 Å². The third kappa shape index (κ3) is 5.57. The maximum Gasteiger partial charge on any atom is 0.261 e. The van der Waals surface area contributed by atoms with E-state index >= 15 is 0 Å². The molecule has 40 heavy (non-hydrogen) atoms. The Bertz CT molecular complexity index is 1570. The molecule has 0 N–H and O–H groups in total. The molecule has 0 radical (unpaired) electrons. The minimum atomic E-state index is -1.95. The number of pyridine rings is 1. The minimum absolute atomic E-state index is 0.00568. The topological polar surface area (TPSA) is 76.6 Å². The second kappa shape index (κ2) is 10.8. The van der Waals surface area contributed by atoms with Crippen LogP contribution in [0.3, 0.4) is 0 Å². The monoisotopic (exact) mass is 570 g/mol. The molecule has 0 aliphatic carbocycles. The molecular formula is C32H34N2O4SSi. The summed E-state index contributed by atoms with van der Waals surface area (Å²) in [6.07, 6.45) is 3.73. The van der Waals surface area contributed by atoms with Gasteiger partial charge < -0.3 is 4.43 Å². The summed E-state index contributed by atoms with van der Waals surface area (Å²) in [6, 6.07) is 18.6. The van der Waals surface area contributed by atoms with Crippen molar-refractivity contribution in [3.63, 3.8) is 0 Å². The molecule has 3 heterocycles. The quantitative estimate of drug-likeness (QED) is 0.160. The van der Waals surface area contributed by atoms with Crippen LogP contribution >= 0.6 is 11.3 Å². The first-order valence-electron chi connectivity index (χ1n) is 13.5. The number of Topliss-reactive ketones (excluding diaryl/α,β-unsaturated/α-hetero) is 1. The number of rotatable bonds is 9. The van der Waals surface area contributed by atoms with Gasteiger partial charge in [0.15, 0.2) is 8.32 Å². The van der Waals surface area contributed by atoms with Gasteiger partial charge in [-0.15, -0.1) is 11.3 Å². The van der Waals surface area contributed by atoms with Crippen LogP contribution in [-0.4, -0.2) is 42.3 Å². The van der Waals surface area contributed by atoms with Crippen molar-refractivity contribution in [2.45, 2.75) is 57.8 Å². The van der Waals surface area contributed by atoms with Gasteiger partial charge >= 0.3 is 0 Å². The fourth-order valence-corrected chi connectivity index (χ4v) is 6.73. The van der Waals surface area contributed by atoms with Gasteiger partial charge in [0.05, 0.1) is 23.7 Å². The van der Waals surface area contributed by atoms with Crippen molar-refractivity contribution in [3.05, 3.63) is 99.5 Å². The standard InChI is InChI=1S/C32H34N2O4SSi/c1-32(2,3)40(4,5)38-20-24-12-13-29(39-24)27(19-34-30(36)25-8-6-7-9-26(25)31(34)37)28(35)17-21-10-11-23-18-33-15-14-22(23)16-21/h6-16,18,27H,17,19-20H2,1-5H3. The average Bonchev–Trinajstić information content (AvgIpc) is 3.48. The lowest BCUT2D eigenvalue weighted by Gasteiger charge is -2.36. The second-order valence-corrected chi connectivity index (χ2v) is 17.9. The molecule has 1 aliphatic rings. The number of imide groups is 1. The Labute approximate surface area is 240 Å². The van der Waals surface area contributed by atoms with Gasteiger partial charge in [-0.25, -0.2) is 0 Å². The Balaban J connectivity index is 1.42. The van der Waals surface area contributed by atoms with E-state index in [4.69, 9.17) is 4.43 Å². The van der Waals surface area contributed by atoms with E-state index in [2.05, 4.69) is 38.8 Å². The highest BCUT2D eigenvalue weighted by Crippen LogP contribution is 2.38. The smallest absolute Gasteiger partial charge is 0.261 e. The summed E-state index contributed by atoms with van der Waals surface area (Å²) in [5, 5.41) is 2.11. The zero-order valence-electron chi connectivity index (χ0n) is 23.6. The normalized spacial score (nSPS) is 14.6. The summed E-state index contributed by atoms with van der Waals surface area (Å²) in [4.78, 5) is 47.5. The number of hydrogen-bond acceptors (Lipinski definition) is 6. The van der Waals surface area contributed by atoms with E-state index in [1.54, 1.807) is 36.7 Å². The maximum atomic E-state index is 13.9. The number of ketones is 1. The molecule has 206 valence electrons. The number of carbonyl (C=O) groups is 3. The zero-order valence-corrected chi connectivity index (χ0v) is 25.4. The van der Waals surface area contributed by atoms with Crippen LogP contribution in [0.25, 0.3) is 10.8 Å². The van der Waals surface area contributed by atoms with Gasteiger partial charge in [0.1, 0.15) is 5.78 Å². The number of carbonyl (C=O) groups excluding carboxylic acids is 3. The number of nitrogens with zero attached hydrogens (tertiary/aromatic N) is 2. The van der Waals surface area contributed by atoms with Crippen molar-refractivity contribution in [2.75, 3.05) is 6.54 Å². The first-order valence-corrected chi connectivity index (χ1v) is 17.2. The van der Waals surface area contributed by atoms with Crippen LogP contribution in [0.5, 0.6) is 0 Å². The Morgan fingerprint density at radius 3 is 2.35 bits per heavy atom. The Hall–Kier alpha value is -3.46. The predicted octanol–water partition coefficient (Wildman–Crippen LogP) is 7.01. The van der Waals surface area contributed by atoms with Crippen LogP contribution in [0.1, 0.15) is 62.7 Å². The van der Waals surface area contributed by atoms with E-state index < -0.39 is 14.2 Å². The van der Waals surface area contributed by atoms with Crippen molar-refractivity contribution >= 4 is 48.0 Å². The molecule has 0 fully saturated rings. The van der Waals surface area contributed by atoms with Crippen LogP contribution in [0.2, 0.25) is 18.1 Å². The predicted molar refractivity (Wildman–Crippen MR) is 161 cm³/mol. The molecule has 0 saturated heterocycles. The van der Waals surface area contributed by atoms with Gasteiger partial charge in [-0.1, -0.05) is 51.1 Å². The van der Waals surface area contributed by atoms with E-state index in [9.17, 15) is 14.4 Å². The largest absolute Gasteiger partial charge is 0.412 e. The highest BCUT2D eigenvalue weighted by molar-refractivity contribution is 7.12. The number of hydrogen-bond donors (Lipinski definition) is 0. The molecule has 1 atom stereocenters. The van der Waals surface area contributed by atoms with E-state index in [1.807, 2.05) is 36.4 Å². The highest BCUT2D eigenvalue weighted by Gasteiger charge is 2.39. The lowest BCUT2D eigenvalue weighted by Crippen LogP contribution is -2.40. The summed E-state index contributed by atoms with van der Waals surface area (Å²) >= 11 is 1.52. The van der Waals surface area contributed by atoms with Gasteiger partial charge in [-0.05, 0) is 59.4 Å². The lowest BCUT2D eigenvalue weighted by molar-refractivity contribution is -0.119. The fourth-order valence-electron chi connectivity index (χ4n) is 4.63. The average molecular weight is 571 g/mol. The Morgan fingerprint density at radius 2 is 1.68 bits per heavy atom. The lowest BCUT2D eigenvalue weighted by atomic mass is 9.94. The molecule has 1 unspecified atom stereocenters. The summed E-state index contributed by atoms with van der Waals surface area (Å²) < 4.78 is 6.42. The van der Waals surface area contributed by atoms with Gasteiger partial charge in [-0.2, -0.15) is 0 Å². The third-order valence-electron chi connectivity index (χ3n) is 8.12. The number of amides is 2. The van der Waals surface area contributed by atoms with Crippen LogP contribution in [0, 0.1) is 0 Å². The molecule has 2 aromatic carbocycles. The fraction of sp³-hybridized carbons (Fsp3) is 0.312. The number of thiophene rings is 1. The molecule has 0 saturated carbocycles. The van der Waals surface area contributed by atoms with Crippen LogP contribution in [0.15, 0.2) is 73.1 Å². The van der Waals surface area contributed by atoms with Crippen molar-refractivity contribution in [2.24, 2.45) is 0 Å². The molecule has 8 heteroatoms. The van der Waals surface area contributed by atoms with E-state index in [0.717, 1.165) is 26.1 Å². The van der Waals surface area contributed by atoms with Gasteiger partial charge in [0, 0.05) is 40.5 Å². The second-order valence-electron chi connectivity index (χ2n) is 11.9. The molecule has 2 aromatic heterocycles. The molecular weight excluding hydrogens is 537 g/mol. The summed E-state index contributed by atoms with van der Waals surface area (Å²) in [6.45, 7) is 11.5. The SMILES string of the molecule is CC(C)(C)[Si](C)(C)OCc1ccc(C(CN2C(=O)c3ccccc3C2=O)C(=O)Cc2ccc3cnccc3c2)s1. The molecule has 6 nitrogen and oxygen atoms in total. The van der Waals surface area contributed by atoms with Crippen molar-refractivity contribution < 1.29 is 18.8 Å². The minimum Gasteiger partial charge on any atom is -0.412 e. The van der Waals surface area contributed by atoms with Crippen molar-refractivity contribution in [3.8, 4) is 0 Å². The van der Waals surface area contributed by atoms with E-state index in [0.29, 0.717) is 17.7 Å². The zero-order chi connectivity index (χ0) is 28.7. The maximum absolute atomic E-state index is 13.9. The van der Waals surface area contributed by atoms with Gasteiger partial charge in [-0.3, -0.25) is 24.3 Å². The van der Waals surface area contributed by atoms with Crippen LogP contribution in [-0.2, 0) is 22.2 Å². The number of benzene rings is 2. The molecule has 1 aliphatic heterocycles. The molecule has 2 amide bonds. The molecule has 0 bridgehead atoms. The van der Waals surface area contributed by atoms with Crippen LogP contribution < -0.4 is 0 Å². The summed E-state index contributed by atoms with van der Waals surface area (Å²) in [5.74, 6) is -1.38. The third-order valence-corrected chi connectivity index (χ3v) is 13.8.